The summed E-state index contributed by atoms with van der Waals surface area (Å²) < 4.78 is 0. The molecular formula is H2AlO4Ti+. The van der Waals surface area contributed by atoms with E-state index in [9.17, 15) is 0 Å². The van der Waals surface area contributed by atoms with Gasteiger partial charge in [0.15, 0.2) is 0 Å². The minimum absolute atomic E-state index is 0. The molecule has 0 aliphatic rings. The van der Waals surface area contributed by atoms with Gasteiger partial charge in [0.1, 0.15) is 0 Å². The molecule has 0 radical (unpaired) electrons. The van der Waals surface area contributed by atoms with E-state index in [0.29, 0.717) is 0 Å². The van der Waals surface area contributed by atoms with Crippen molar-refractivity contribution in [2.24, 2.45) is 0 Å². The fourth-order valence-electron chi connectivity index (χ4n) is 0. The zero-order chi connectivity index (χ0) is 0. The maximum absolute atomic E-state index is 0. The Morgan fingerprint density at radius 2 is 0.667 bits per heavy atom. The van der Waals surface area contributed by atoms with Gasteiger partial charge in [-0.15, -0.1) is 0 Å². The van der Waals surface area contributed by atoms with Crippen LogP contribution >= 0.6 is 0 Å². The summed E-state index contributed by atoms with van der Waals surface area (Å²) >= 11 is 0. The molecule has 0 rings (SSSR count). The third-order valence-electron chi connectivity index (χ3n) is 0. The van der Waals surface area contributed by atoms with E-state index in [1.165, 1.54) is 0 Å². The summed E-state index contributed by atoms with van der Waals surface area (Å²) in [4.78, 5) is 0. The molecule has 0 saturated heterocycles. The predicted molar refractivity (Wildman–Crippen MR) is 11.4 cm³/mol. The molecule has 0 aromatic heterocycles. The minimum atomic E-state index is 0. The fourth-order valence-corrected chi connectivity index (χ4v) is 0. The molecule has 6 heavy (non-hydrogen) atoms. The average Bonchev–Trinajstić information content (AvgIpc) is 0. The Balaban J connectivity index is 0. The maximum atomic E-state index is 0. The van der Waals surface area contributed by atoms with Gasteiger partial charge in [-0.05, 0) is 0 Å². The Morgan fingerprint density at radius 1 is 0.667 bits per heavy atom. The quantitative estimate of drug-likeness (QED) is 0.362. The molecule has 0 bridgehead atoms. The molecule has 0 saturated carbocycles. The summed E-state index contributed by atoms with van der Waals surface area (Å²) in [5.74, 6) is 0. The van der Waals surface area contributed by atoms with Gasteiger partial charge in [-0.1, -0.05) is 0 Å². The van der Waals surface area contributed by atoms with E-state index in [0.717, 1.165) is 0 Å². The van der Waals surface area contributed by atoms with E-state index < -0.39 is 0 Å². The summed E-state index contributed by atoms with van der Waals surface area (Å²) in [6, 6.07) is 0. The van der Waals surface area contributed by atoms with Crippen LogP contribution in [-0.2, 0) is 38.1 Å². The van der Waals surface area contributed by atoms with Crippen LogP contribution in [-0.4, -0.2) is 22.8 Å². The summed E-state index contributed by atoms with van der Waals surface area (Å²) in [6.07, 6.45) is 0. The van der Waals surface area contributed by atoms with Crippen LogP contribution in [0.2, 0.25) is 0 Å². The molecule has 0 atom stereocenters. The number of hydrogen-bond donors (Lipinski definition) is 0. The van der Waals surface area contributed by atoms with E-state index in [1.807, 2.05) is 0 Å². The first-order chi connectivity index (χ1) is 0. The van der Waals surface area contributed by atoms with E-state index in [-0.39, 0.29) is 61.0 Å². The van der Waals surface area contributed by atoms with Crippen LogP contribution in [0.25, 0.3) is 0 Å². The second-order valence-corrected chi connectivity index (χ2v) is 0. The second kappa shape index (κ2) is 133. The van der Waals surface area contributed by atoms with Gasteiger partial charge in [-0.25, -0.2) is 0 Å². The second-order valence-electron chi connectivity index (χ2n) is 0. The molecule has 0 amide bonds. The summed E-state index contributed by atoms with van der Waals surface area (Å²) in [5, 5.41) is 0. The van der Waals surface area contributed by atoms with Crippen molar-refractivity contribution >= 4 is 17.4 Å². The van der Waals surface area contributed by atoms with Crippen molar-refractivity contribution in [3.05, 3.63) is 0 Å². The van der Waals surface area contributed by atoms with Gasteiger partial charge in [-0.2, -0.15) is 0 Å². The van der Waals surface area contributed by atoms with Crippen molar-refractivity contribution in [3.8, 4) is 0 Å². The molecule has 2 N–H and O–H groups in total. The van der Waals surface area contributed by atoms with E-state index >= 15 is 0 Å². The molecule has 4 nitrogen and oxygen atoms in total. The summed E-state index contributed by atoms with van der Waals surface area (Å²) in [7, 11) is 0. The first kappa shape index (κ1) is 222. The van der Waals surface area contributed by atoms with Gasteiger partial charge >= 0.3 is 39.1 Å². The summed E-state index contributed by atoms with van der Waals surface area (Å²) in [6.45, 7) is 0. The third kappa shape index (κ3) is 71.9. The monoisotopic (exact) mass is 141 g/mol. The molecular weight excluding hydrogens is 139 g/mol. The van der Waals surface area contributed by atoms with Gasteiger partial charge in [0.05, 0.1) is 0 Å². The third-order valence-corrected chi connectivity index (χ3v) is 0. The van der Waals surface area contributed by atoms with Gasteiger partial charge in [0.25, 0.3) is 0 Å². The minimum Gasteiger partial charge on any atom is -2.00 e. The van der Waals surface area contributed by atoms with E-state index in [2.05, 4.69) is 0 Å². The first-order valence-corrected chi connectivity index (χ1v) is 0. The van der Waals surface area contributed by atoms with Crippen molar-refractivity contribution in [2.75, 3.05) is 0 Å². The van der Waals surface area contributed by atoms with Crippen LogP contribution in [0, 0.1) is 0 Å². The molecule has 0 aromatic rings. The molecule has 0 aromatic carbocycles. The molecule has 0 fully saturated rings. The SMILES string of the molecule is O.[Al+3].[O-2].[O-2].[O-2].[Ti+4]. The van der Waals surface area contributed by atoms with Crippen LogP contribution in [0.5, 0.6) is 0 Å². The van der Waals surface area contributed by atoms with Crippen LogP contribution in [0.15, 0.2) is 0 Å². The van der Waals surface area contributed by atoms with Crippen LogP contribution in [0.3, 0.4) is 0 Å². The Kier molecular flexibility index (Phi) is 4940. The first-order valence-electron chi connectivity index (χ1n) is 0. The normalized spacial score (nSPS) is 0. The largest absolute Gasteiger partial charge is 4.00 e. The zero-order valence-corrected chi connectivity index (χ0v) is 5.52. The van der Waals surface area contributed by atoms with Crippen LogP contribution in [0.4, 0.5) is 0 Å². The smallest absolute Gasteiger partial charge is 2.00 e. The maximum Gasteiger partial charge on any atom is 4.00 e. The van der Waals surface area contributed by atoms with Gasteiger partial charge in [0.2, 0.25) is 0 Å². The van der Waals surface area contributed by atoms with E-state index in [4.69, 9.17) is 0 Å². The van der Waals surface area contributed by atoms with Crippen molar-refractivity contribution < 1.29 is 43.6 Å². The van der Waals surface area contributed by atoms with Crippen LogP contribution in [0.1, 0.15) is 0 Å². The zero-order valence-electron chi connectivity index (χ0n) is 2.80. The Hall–Kier alpha value is 1.09. The summed E-state index contributed by atoms with van der Waals surface area (Å²) in [5.41, 5.74) is 0. The Bertz CT molecular complexity index is 7.51. The van der Waals surface area contributed by atoms with Crippen molar-refractivity contribution in [2.45, 2.75) is 0 Å². The number of rotatable bonds is 0. The average molecular weight is 141 g/mol. The molecule has 0 aliphatic heterocycles. The molecule has 6 heteroatoms. The van der Waals surface area contributed by atoms with E-state index in [1.54, 1.807) is 0 Å². The van der Waals surface area contributed by atoms with Crippen molar-refractivity contribution in [3.63, 3.8) is 0 Å². The van der Waals surface area contributed by atoms with Gasteiger partial charge in [-0.3, -0.25) is 0 Å². The Labute approximate surface area is 61.2 Å². The molecule has 0 unspecified atom stereocenters. The topological polar surface area (TPSA) is 117 Å². The van der Waals surface area contributed by atoms with Gasteiger partial charge in [0, 0.05) is 0 Å². The van der Waals surface area contributed by atoms with Crippen molar-refractivity contribution in [1.82, 2.24) is 0 Å². The molecule has 0 heterocycles. The van der Waals surface area contributed by atoms with Crippen LogP contribution < -0.4 is 0 Å². The molecule has 0 aliphatic carbocycles. The predicted octanol–water partition coefficient (Wildman–Crippen LogP) is -1.56. The Morgan fingerprint density at radius 3 is 0.667 bits per heavy atom. The van der Waals surface area contributed by atoms with Crippen molar-refractivity contribution in [1.29, 1.82) is 0 Å². The number of hydrogen-bond acceptors (Lipinski definition) is 0. The molecule has 0 spiro atoms. The fraction of sp³-hybridized carbons (Fsp3) is 0. The van der Waals surface area contributed by atoms with Gasteiger partial charge < -0.3 is 21.9 Å². The standard InChI is InChI=1S/Al.H2O.3O.Ti/h;1H2;;;;/q+3;;3*-2;+4. The molecule has 32 valence electrons.